The molecule has 4 nitrogen and oxygen atoms in total. The number of aromatic amines is 1. The van der Waals surface area contributed by atoms with E-state index in [2.05, 4.69) is 22.4 Å². The fraction of sp³-hybridized carbons (Fsp3) is 0.0476. The summed E-state index contributed by atoms with van der Waals surface area (Å²) in [5.41, 5.74) is 7.35. The van der Waals surface area contributed by atoms with Crippen molar-refractivity contribution < 1.29 is 9.59 Å². The third-order valence-electron chi connectivity index (χ3n) is 5.39. The Morgan fingerprint density at radius 1 is 0.800 bits per heavy atom. The zero-order chi connectivity index (χ0) is 16.7. The highest BCUT2D eigenvalue weighted by Gasteiger charge is 2.38. The molecule has 1 aliphatic heterocycles. The van der Waals surface area contributed by atoms with Crippen LogP contribution in [0.4, 0.5) is 0 Å². The first-order valence-electron chi connectivity index (χ1n) is 8.27. The summed E-state index contributed by atoms with van der Waals surface area (Å²) >= 11 is 0. The standard InChI is InChI=1S/C21H12N2O2/c24-20-17-13-9-10-5-1-2-6-11(10)15(13)19-16(18(17)21(25)23-20)12-7-3-4-8-14(12)22-19/h1-8,22H,9H2,(H,23,24,25). The van der Waals surface area contributed by atoms with Crippen molar-refractivity contribution in [2.24, 2.45) is 0 Å². The number of H-pyrrole nitrogens is 1. The molecule has 2 N–H and O–H groups in total. The van der Waals surface area contributed by atoms with Gasteiger partial charge in [-0.1, -0.05) is 42.5 Å². The van der Waals surface area contributed by atoms with Crippen molar-refractivity contribution in [3.8, 4) is 11.1 Å². The van der Waals surface area contributed by atoms with E-state index in [9.17, 15) is 9.59 Å². The van der Waals surface area contributed by atoms with E-state index in [4.69, 9.17) is 0 Å². The van der Waals surface area contributed by atoms with E-state index >= 15 is 0 Å². The molecule has 0 fully saturated rings. The number of para-hydroxylation sites is 1. The summed E-state index contributed by atoms with van der Waals surface area (Å²) in [6.07, 6.45) is 0.680. The first-order chi connectivity index (χ1) is 12.2. The number of carbonyl (C=O) groups is 2. The fourth-order valence-electron chi connectivity index (χ4n) is 4.43. The number of imide groups is 1. The molecule has 0 radical (unpaired) electrons. The molecule has 118 valence electrons. The molecule has 4 aromatic rings. The Labute approximate surface area is 142 Å². The molecule has 2 amide bonds. The van der Waals surface area contributed by atoms with Crippen LogP contribution in [-0.4, -0.2) is 16.8 Å². The van der Waals surface area contributed by atoms with Gasteiger partial charge in [0.15, 0.2) is 0 Å². The number of aromatic nitrogens is 1. The van der Waals surface area contributed by atoms with E-state index in [-0.39, 0.29) is 11.8 Å². The van der Waals surface area contributed by atoms with Gasteiger partial charge in [0.1, 0.15) is 0 Å². The number of amides is 2. The molecule has 4 heteroatoms. The maximum Gasteiger partial charge on any atom is 0.259 e. The van der Waals surface area contributed by atoms with Crippen molar-refractivity contribution in [2.75, 3.05) is 0 Å². The molecule has 0 saturated carbocycles. The van der Waals surface area contributed by atoms with Crippen molar-refractivity contribution in [2.45, 2.75) is 6.42 Å². The largest absolute Gasteiger partial charge is 0.354 e. The van der Waals surface area contributed by atoms with E-state index in [0.717, 1.165) is 38.5 Å². The SMILES string of the molecule is O=C1NC(=O)c2c1c1c(c3[nH]c4ccccc4c23)-c2ccccc2C1. The minimum Gasteiger partial charge on any atom is -0.354 e. The van der Waals surface area contributed by atoms with Gasteiger partial charge in [0.05, 0.1) is 16.6 Å². The van der Waals surface area contributed by atoms with E-state index in [0.29, 0.717) is 17.5 Å². The molecule has 3 aromatic carbocycles. The lowest BCUT2D eigenvalue weighted by Crippen LogP contribution is -2.20. The summed E-state index contributed by atoms with van der Waals surface area (Å²) in [5.74, 6) is -0.579. The number of rotatable bonds is 0. The van der Waals surface area contributed by atoms with E-state index in [1.807, 2.05) is 36.4 Å². The monoisotopic (exact) mass is 324 g/mol. The van der Waals surface area contributed by atoms with Crippen LogP contribution in [0.25, 0.3) is 32.9 Å². The second-order valence-corrected chi connectivity index (χ2v) is 6.64. The van der Waals surface area contributed by atoms with Crippen molar-refractivity contribution in [1.29, 1.82) is 0 Å². The van der Waals surface area contributed by atoms with Gasteiger partial charge in [-0.3, -0.25) is 14.9 Å². The molecule has 0 unspecified atom stereocenters. The Hall–Kier alpha value is -3.40. The molecule has 2 heterocycles. The number of carbonyl (C=O) groups excluding carboxylic acids is 2. The average Bonchev–Trinajstić information content (AvgIpc) is 3.26. The van der Waals surface area contributed by atoms with Crippen LogP contribution in [0, 0.1) is 0 Å². The number of hydrogen-bond donors (Lipinski definition) is 2. The molecule has 1 aliphatic carbocycles. The van der Waals surface area contributed by atoms with Gasteiger partial charge in [0, 0.05) is 21.9 Å². The molecule has 0 spiro atoms. The second-order valence-electron chi connectivity index (χ2n) is 6.64. The predicted molar refractivity (Wildman–Crippen MR) is 95.8 cm³/mol. The van der Waals surface area contributed by atoms with Crippen LogP contribution in [0.15, 0.2) is 48.5 Å². The third-order valence-corrected chi connectivity index (χ3v) is 5.39. The number of hydrogen-bond acceptors (Lipinski definition) is 2. The second kappa shape index (κ2) is 4.16. The highest BCUT2D eigenvalue weighted by molar-refractivity contribution is 6.33. The van der Waals surface area contributed by atoms with Crippen LogP contribution >= 0.6 is 0 Å². The number of fused-ring (bicyclic) bond motifs is 10. The lowest BCUT2D eigenvalue weighted by Gasteiger charge is -2.08. The van der Waals surface area contributed by atoms with Gasteiger partial charge in [-0.25, -0.2) is 0 Å². The molecule has 6 rings (SSSR count). The molecule has 25 heavy (non-hydrogen) atoms. The summed E-state index contributed by atoms with van der Waals surface area (Å²) in [6, 6.07) is 16.1. The van der Waals surface area contributed by atoms with Gasteiger partial charge >= 0.3 is 0 Å². The van der Waals surface area contributed by atoms with Gasteiger partial charge < -0.3 is 4.98 Å². The Bertz CT molecular complexity index is 1280. The average molecular weight is 324 g/mol. The molecule has 0 atom stereocenters. The van der Waals surface area contributed by atoms with Crippen LogP contribution in [0.5, 0.6) is 0 Å². The molecule has 2 aliphatic rings. The first kappa shape index (κ1) is 13.0. The van der Waals surface area contributed by atoms with Crippen LogP contribution < -0.4 is 5.32 Å². The van der Waals surface area contributed by atoms with Crippen molar-refractivity contribution in [3.05, 3.63) is 70.8 Å². The summed E-state index contributed by atoms with van der Waals surface area (Å²) in [7, 11) is 0. The lowest BCUT2D eigenvalue weighted by atomic mass is 9.92. The van der Waals surface area contributed by atoms with Gasteiger partial charge in [-0.2, -0.15) is 0 Å². The molecule has 1 aromatic heterocycles. The number of nitrogens with one attached hydrogen (secondary N) is 2. The zero-order valence-corrected chi connectivity index (χ0v) is 13.1. The van der Waals surface area contributed by atoms with Crippen molar-refractivity contribution in [3.63, 3.8) is 0 Å². The highest BCUT2D eigenvalue weighted by Crippen LogP contribution is 2.47. The Balaban J connectivity index is 1.93. The maximum absolute atomic E-state index is 12.6. The van der Waals surface area contributed by atoms with Crippen LogP contribution in [-0.2, 0) is 6.42 Å². The van der Waals surface area contributed by atoms with Gasteiger partial charge in [0.25, 0.3) is 11.8 Å². The Kier molecular flexibility index (Phi) is 2.16. The summed E-state index contributed by atoms with van der Waals surface area (Å²) in [4.78, 5) is 28.6. The smallest absolute Gasteiger partial charge is 0.259 e. The van der Waals surface area contributed by atoms with Gasteiger partial charge in [0.2, 0.25) is 0 Å². The van der Waals surface area contributed by atoms with Crippen molar-refractivity contribution >= 4 is 33.6 Å². The van der Waals surface area contributed by atoms with Crippen molar-refractivity contribution in [1.82, 2.24) is 10.3 Å². The van der Waals surface area contributed by atoms with Crippen LogP contribution in [0.1, 0.15) is 31.8 Å². The molecular formula is C21H12N2O2. The highest BCUT2D eigenvalue weighted by atomic mass is 16.2. The minimum absolute atomic E-state index is 0.281. The molecular weight excluding hydrogens is 312 g/mol. The zero-order valence-electron chi connectivity index (χ0n) is 13.1. The summed E-state index contributed by atoms with van der Waals surface area (Å²) in [5, 5.41) is 4.32. The minimum atomic E-state index is -0.298. The van der Waals surface area contributed by atoms with E-state index in [1.54, 1.807) is 0 Å². The van der Waals surface area contributed by atoms with Gasteiger partial charge in [-0.05, 0) is 29.2 Å². The van der Waals surface area contributed by atoms with Crippen LogP contribution in [0.2, 0.25) is 0 Å². The Morgan fingerprint density at radius 3 is 2.48 bits per heavy atom. The first-order valence-corrected chi connectivity index (χ1v) is 8.27. The maximum atomic E-state index is 12.6. The topological polar surface area (TPSA) is 62.0 Å². The lowest BCUT2D eigenvalue weighted by molar-refractivity contribution is 0.0880. The number of benzene rings is 3. The van der Waals surface area contributed by atoms with Gasteiger partial charge in [-0.15, -0.1) is 0 Å². The normalized spacial score (nSPS) is 14.7. The third kappa shape index (κ3) is 1.43. The van der Waals surface area contributed by atoms with Crippen LogP contribution in [0.3, 0.4) is 0 Å². The van der Waals surface area contributed by atoms with E-state index < -0.39 is 0 Å². The molecule has 0 saturated heterocycles. The quantitative estimate of drug-likeness (QED) is 0.426. The summed E-state index contributed by atoms with van der Waals surface area (Å²) < 4.78 is 0. The molecule has 0 bridgehead atoms. The van der Waals surface area contributed by atoms with E-state index in [1.165, 1.54) is 5.56 Å². The Morgan fingerprint density at radius 2 is 1.56 bits per heavy atom. The fourth-order valence-corrected chi connectivity index (χ4v) is 4.43. The predicted octanol–water partition coefficient (Wildman–Crippen LogP) is 3.78. The summed E-state index contributed by atoms with van der Waals surface area (Å²) in [6.45, 7) is 0.